The van der Waals surface area contributed by atoms with Crippen molar-refractivity contribution in [1.82, 2.24) is 0 Å². The Hall–Kier alpha value is -1.60. The van der Waals surface area contributed by atoms with Gasteiger partial charge in [0.2, 0.25) is 0 Å². The van der Waals surface area contributed by atoms with E-state index in [0.29, 0.717) is 0 Å². The molecule has 0 aromatic heterocycles. The van der Waals surface area contributed by atoms with E-state index >= 15 is 0 Å². The average Bonchev–Trinajstić information content (AvgIpc) is 2.79. The van der Waals surface area contributed by atoms with Crippen molar-refractivity contribution in [2.24, 2.45) is 0 Å². The van der Waals surface area contributed by atoms with E-state index in [1.54, 1.807) is 0 Å². The van der Waals surface area contributed by atoms with Gasteiger partial charge in [-0.25, -0.2) is 0 Å². The van der Waals surface area contributed by atoms with Gasteiger partial charge in [0.15, 0.2) is 0 Å². The van der Waals surface area contributed by atoms with E-state index in [2.05, 4.69) is 42.5 Å². The largest absolute Gasteiger partial charge is 0.384 e. The zero-order chi connectivity index (χ0) is 11.5. The maximum Gasteiger partial charge on any atom is 0.101 e. The fourth-order valence-corrected chi connectivity index (χ4v) is 3.61. The van der Waals surface area contributed by atoms with E-state index in [1.807, 2.05) is 6.07 Å². The molecule has 2 aliphatic rings. The maximum absolute atomic E-state index is 11.0. The van der Waals surface area contributed by atoms with E-state index < -0.39 is 5.60 Å². The van der Waals surface area contributed by atoms with Crippen LogP contribution in [-0.2, 0) is 18.4 Å². The summed E-state index contributed by atoms with van der Waals surface area (Å²) >= 11 is 0. The predicted octanol–water partition coefficient (Wildman–Crippen LogP) is 2.77. The lowest BCUT2D eigenvalue weighted by Gasteiger charge is -2.24. The average molecular weight is 222 g/mol. The summed E-state index contributed by atoms with van der Waals surface area (Å²) in [5.41, 5.74) is 4.46. The Morgan fingerprint density at radius 3 is 2.53 bits per heavy atom. The van der Waals surface area contributed by atoms with Crippen LogP contribution in [0.1, 0.15) is 28.2 Å². The minimum Gasteiger partial charge on any atom is -0.384 e. The first-order chi connectivity index (χ1) is 8.29. The molecule has 2 aromatic rings. The summed E-state index contributed by atoms with van der Waals surface area (Å²) in [4.78, 5) is 0. The van der Waals surface area contributed by atoms with E-state index in [4.69, 9.17) is 0 Å². The second kappa shape index (κ2) is 2.99. The zero-order valence-corrected chi connectivity index (χ0v) is 9.56. The van der Waals surface area contributed by atoms with Gasteiger partial charge in [0.1, 0.15) is 5.60 Å². The lowest BCUT2D eigenvalue weighted by molar-refractivity contribution is 0.0313. The first-order valence-electron chi connectivity index (χ1n) is 6.17. The van der Waals surface area contributed by atoms with Gasteiger partial charge in [-0.05, 0) is 28.7 Å². The van der Waals surface area contributed by atoms with Gasteiger partial charge in [0, 0.05) is 12.3 Å². The van der Waals surface area contributed by atoms with Crippen LogP contribution in [0.5, 0.6) is 0 Å². The fraction of sp³-hybridized carbons (Fsp3) is 0.250. The number of rotatable bonds is 0. The molecule has 0 heterocycles. The van der Waals surface area contributed by atoms with E-state index in [1.165, 1.54) is 16.7 Å². The highest BCUT2D eigenvalue weighted by molar-refractivity contribution is 5.51. The lowest BCUT2D eigenvalue weighted by Crippen LogP contribution is -2.26. The number of hydrogen-bond donors (Lipinski definition) is 1. The third-order valence-corrected chi connectivity index (χ3v) is 4.37. The molecule has 0 saturated heterocycles. The van der Waals surface area contributed by atoms with E-state index in [9.17, 15) is 5.11 Å². The molecule has 2 aromatic carbocycles. The molecule has 2 unspecified atom stereocenters. The topological polar surface area (TPSA) is 20.2 Å². The third kappa shape index (κ3) is 1.07. The van der Waals surface area contributed by atoms with E-state index in [-0.39, 0.29) is 5.92 Å². The molecule has 1 nitrogen and oxygen atoms in total. The molecule has 0 bridgehead atoms. The van der Waals surface area contributed by atoms with Crippen LogP contribution in [0, 0.1) is 0 Å². The monoisotopic (exact) mass is 222 g/mol. The van der Waals surface area contributed by atoms with Crippen molar-refractivity contribution < 1.29 is 5.11 Å². The quantitative estimate of drug-likeness (QED) is 0.726. The first kappa shape index (κ1) is 9.43. The van der Waals surface area contributed by atoms with Gasteiger partial charge in [-0.3, -0.25) is 0 Å². The summed E-state index contributed by atoms with van der Waals surface area (Å²) in [6, 6.07) is 16.8. The summed E-state index contributed by atoms with van der Waals surface area (Å²) < 4.78 is 0. The normalized spacial score (nSPS) is 28.6. The molecule has 0 aliphatic heterocycles. The Morgan fingerprint density at radius 1 is 0.941 bits per heavy atom. The van der Waals surface area contributed by atoms with Crippen LogP contribution in [0.15, 0.2) is 48.5 Å². The van der Waals surface area contributed by atoms with Crippen LogP contribution in [-0.4, -0.2) is 5.11 Å². The van der Waals surface area contributed by atoms with Gasteiger partial charge in [-0.15, -0.1) is 0 Å². The van der Waals surface area contributed by atoms with Crippen molar-refractivity contribution >= 4 is 0 Å². The fourth-order valence-electron chi connectivity index (χ4n) is 3.61. The molecule has 4 rings (SSSR count). The van der Waals surface area contributed by atoms with Gasteiger partial charge < -0.3 is 5.11 Å². The number of hydrogen-bond acceptors (Lipinski definition) is 1. The minimum absolute atomic E-state index is 0.260. The summed E-state index contributed by atoms with van der Waals surface area (Å²) in [6.45, 7) is 0. The van der Waals surface area contributed by atoms with Gasteiger partial charge in [0.25, 0.3) is 0 Å². The number of benzene rings is 2. The second-order valence-electron chi connectivity index (χ2n) is 5.21. The molecule has 0 spiro atoms. The standard InChI is InChI=1S/C16H14O/c17-16-10-12-6-1-3-7-13(12)15(16)9-11-5-2-4-8-14(11)16/h1-8,15,17H,9-10H2. The summed E-state index contributed by atoms with van der Waals surface area (Å²) in [5.74, 6) is 0.260. The van der Waals surface area contributed by atoms with Crippen molar-refractivity contribution in [1.29, 1.82) is 0 Å². The highest BCUT2D eigenvalue weighted by atomic mass is 16.3. The summed E-state index contributed by atoms with van der Waals surface area (Å²) in [7, 11) is 0. The summed E-state index contributed by atoms with van der Waals surface area (Å²) in [6.07, 6.45) is 1.74. The van der Waals surface area contributed by atoms with E-state index in [0.717, 1.165) is 18.4 Å². The van der Waals surface area contributed by atoms with Crippen molar-refractivity contribution in [2.75, 3.05) is 0 Å². The van der Waals surface area contributed by atoms with Crippen LogP contribution in [0.25, 0.3) is 0 Å². The van der Waals surface area contributed by atoms with Crippen LogP contribution in [0.3, 0.4) is 0 Å². The van der Waals surface area contributed by atoms with Crippen molar-refractivity contribution in [3.8, 4) is 0 Å². The number of fused-ring (bicyclic) bond motifs is 5. The molecule has 0 saturated carbocycles. The minimum atomic E-state index is -0.652. The number of aliphatic hydroxyl groups is 1. The van der Waals surface area contributed by atoms with Gasteiger partial charge >= 0.3 is 0 Å². The molecule has 1 N–H and O–H groups in total. The molecule has 0 amide bonds. The highest BCUT2D eigenvalue weighted by Gasteiger charge is 2.50. The molecule has 0 radical (unpaired) electrons. The smallest absolute Gasteiger partial charge is 0.101 e. The van der Waals surface area contributed by atoms with Gasteiger partial charge in [0.05, 0.1) is 0 Å². The zero-order valence-electron chi connectivity index (χ0n) is 9.56. The van der Waals surface area contributed by atoms with Crippen molar-refractivity contribution in [2.45, 2.75) is 24.4 Å². The molecular weight excluding hydrogens is 208 g/mol. The lowest BCUT2D eigenvalue weighted by atomic mass is 9.88. The van der Waals surface area contributed by atoms with Gasteiger partial charge in [-0.1, -0.05) is 48.5 Å². The highest BCUT2D eigenvalue weighted by Crippen LogP contribution is 2.54. The predicted molar refractivity (Wildman–Crippen MR) is 66.9 cm³/mol. The maximum atomic E-state index is 11.0. The molecule has 0 fully saturated rings. The molecule has 2 atom stereocenters. The SMILES string of the molecule is OC12Cc3ccccc3C1Cc1ccccc12. The van der Waals surface area contributed by atoms with Crippen molar-refractivity contribution in [3.63, 3.8) is 0 Å². The molecule has 2 aliphatic carbocycles. The van der Waals surface area contributed by atoms with Crippen molar-refractivity contribution in [3.05, 3.63) is 70.8 Å². The Balaban J connectivity index is 1.93. The van der Waals surface area contributed by atoms with Crippen LogP contribution in [0.4, 0.5) is 0 Å². The Bertz CT molecular complexity index is 602. The Kier molecular flexibility index (Phi) is 1.66. The Morgan fingerprint density at radius 2 is 1.65 bits per heavy atom. The third-order valence-electron chi connectivity index (χ3n) is 4.37. The molecule has 17 heavy (non-hydrogen) atoms. The van der Waals surface area contributed by atoms with Crippen LogP contribution in [0.2, 0.25) is 0 Å². The molecule has 1 heteroatoms. The van der Waals surface area contributed by atoms with Gasteiger partial charge in [-0.2, -0.15) is 0 Å². The second-order valence-corrected chi connectivity index (χ2v) is 5.21. The summed E-state index contributed by atoms with van der Waals surface area (Å²) in [5, 5.41) is 11.0. The molecular formula is C16H14O. The Labute approximate surface area is 101 Å². The first-order valence-corrected chi connectivity index (χ1v) is 6.17. The van der Waals surface area contributed by atoms with Crippen LogP contribution >= 0.6 is 0 Å². The van der Waals surface area contributed by atoms with Crippen LogP contribution < -0.4 is 0 Å². The molecule has 84 valence electrons.